The summed E-state index contributed by atoms with van der Waals surface area (Å²) in [5, 5.41) is 0. The zero-order valence-electron chi connectivity index (χ0n) is 9.40. The van der Waals surface area contributed by atoms with Gasteiger partial charge in [-0.3, -0.25) is 4.99 Å². The van der Waals surface area contributed by atoms with Crippen LogP contribution in [0.2, 0.25) is 0 Å². The number of benzene rings is 1. The lowest BCUT2D eigenvalue weighted by atomic mass is 10.1. The maximum Gasteiger partial charge on any atom is 0.124 e. The van der Waals surface area contributed by atoms with Crippen molar-refractivity contribution in [2.24, 2.45) is 4.99 Å². The van der Waals surface area contributed by atoms with Crippen LogP contribution in [0.25, 0.3) is 0 Å². The van der Waals surface area contributed by atoms with E-state index in [1.165, 1.54) is 16.7 Å². The molecule has 1 aromatic carbocycles. The Morgan fingerprint density at radius 1 is 1.44 bits per heavy atom. The van der Waals surface area contributed by atoms with E-state index in [1.54, 1.807) is 0 Å². The van der Waals surface area contributed by atoms with Gasteiger partial charge in [0.15, 0.2) is 0 Å². The zero-order valence-corrected chi connectivity index (χ0v) is 9.40. The smallest absolute Gasteiger partial charge is 0.124 e. The third kappa shape index (κ3) is 1.71. The molecule has 1 saturated heterocycles. The molecule has 2 heterocycles. The molecule has 3 heteroatoms. The largest absolute Gasteiger partial charge is 0.488 e. The van der Waals surface area contributed by atoms with E-state index in [4.69, 9.17) is 9.47 Å². The maximum atomic E-state index is 5.95. The first-order chi connectivity index (χ1) is 7.83. The zero-order chi connectivity index (χ0) is 11.0. The van der Waals surface area contributed by atoms with E-state index < -0.39 is 0 Å². The van der Waals surface area contributed by atoms with Gasteiger partial charge in [0.05, 0.1) is 19.8 Å². The Hall–Kier alpha value is -1.35. The molecule has 0 saturated carbocycles. The van der Waals surface area contributed by atoms with Gasteiger partial charge in [-0.2, -0.15) is 0 Å². The van der Waals surface area contributed by atoms with E-state index >= 15 is 0 Å². The van der Waals surface area contributed by atoms with Gasteiger partial charge >= 0.3 is 0 Å². The van der Waals surface area contributed by atoms with E-state index in [1.807, 2.05) is 6.21 Å². The van der Waals surface area contributed by atoms with Crippen molar-refractivity contribution in [2.45, 2.75) is 26.0 Å². The van der Waals surface area contributed by atoms with E-state index in [0.717, 1.165) is 25.3 Å². The summed E-state index contributed by atoms with van der Waals surface area (Å²) in [5.41, 5.74) is 3.67. The van der Waals surface area contributed by atoms with Gasteiger partial charge in [0, 0.05) is 12.6 Å². The Labute approximate surface area is 95.1 Å². The predicted molar refractivity (Wildman–Crippen MR) is 62.3 cm³/mol. The van der Waals surface area contributed by atoms with Crippen LogP contribution in [0.3, 0.4) is 0 Å². The van der Waals surface area contributed by atoms with E-state index in [-0.39, 0.29) is 6.10 Å². The molecule has 0 aromatic heterocycles. The first kappa shape index (κ1) is 9.85. The van der Waals surface area contributed by atoms with Crippen LogP contribution in [0.1, 0.15) is 23.1 Å². The Balaban J connectivity index is 1.84. The van der Waals surface area contributed by atoms with Gasteiger partial charge in [0.2, 0.25) is 0 Å². The highest BCUT2D eigenvalue weighted by molar-refractivity contribution is 5.85. The molecule has 3 rings (SSSR count). The molecule has 0 bridgehead atoms. The van der Waals surface area contributed by atoms with Crippen molar-refractivity contribution in [2.75, 3.05) is 13.2 Å². The van der Waals surface area contributed by atoms with Crippen molar-refractivity contribution in [3.8, 4) is 5.75 Å². The van der Waals surface area contributed by atoms with Crippen molar-refractivity contribution in [3.63, 3.8) is 0 Å². The number of hydrogen-bond donors (Lipinski definition) is 0. The van der Waals surface area contributed by atoms with Crippen LogP contribution in [0.5, 0.6) is 5.75 Å². The van der Waals surface area contributed by atoms with Gasteiger partial charge in [-0.1, -0.05) is 0 Å². The standard InChI is InChI=1S/C13H15NO2/c1-9-4-10-6-14-7-11(10)5-13(9)16-12-2-3-15-8-12/h4-6,12H,2-3,7-8H2,1H3/t12-/m1/s1. The summed E-state index contributed by atoms with van der Waals surface area (Å²) >= 11 is 0. The fourth-order valence-corrected chi connectivity index (χ4v) is 2.16. The van der Waals surface area contributed by atoms with Gasteiger partial charge < -0.3 is 9.47 Å². The average molecular weight is 217 g/mol. The van der Waals surface area contributed by atoms with Crippen molar-refractivity contribution >= 4 is 6.21 Å². The lowest BCUT2D eigenvalue weighted by molar-refractivity contribution is 0.141. The molecule has 2 aliphatic rings. The van der Waals surface area contributed by atoms with Crippen molar-refractivity contribution in [3.05, 3.63) is 28.8 Å². The van der Waals surface area contributed by atoms with Gasteiger partial charge in [-0.25, -0.2) is 0 Å². The number of nitrogens with zero attached hydrogens (tertiary/aromatic N) is 1. The second-order valence-electron chi connectivity index (χ2n) is 4.39. The topological polar surface area (TPSA) is 30.8 Å². The van der Waals surface area contributed by atoms with Crippen LogP contribution in [0.4, 0.5) is 0 Å². The second kappa shape index (κ2) is 3.91. The molecule has 0 unspecified atom stereocenters. The van der Waals surface area contributed by atoms with Gasteiger partial charge in [-0.05, 0) is 35.7 Å². The molecular formula is C13H15NO2. The summed E-state index contributed by atoms with van der Waals surface area (Å²) in [7, 11) is 0. The lowest BCUT2D eigenvalue weighted by Crippen LogP contribution is -2.16. The van der Waals surface area contributed by atoms with Crippen LogP contribution in [-0.4, -0.2) is 25.5 Å². The number of fused-ring (bicyclic) bond motifs is 1. The van der Waals surface area contributed by atoms with Crippen LogP contribution < -0.4 is 4.74 Å². The molecule has 0 aliphatic carbocycles. The van der Waals surface area contributed by atoms with E-state index in [0.29, 0.717) is 6.61 Å². The maximum absolute atomic E-state index is 5.95. The molecule has 1 aromatic rings. The molecule has 0 spiro atoms. The Morgan fingerprint density at radius 3 is 3.19 bits per heavy atom. The summed E-state index contributed by atoms with van der Waals surface area (Å²) < 4.78 is 11.3. The first-order valence-corrected chi connectivity index (χ1v) is 5.71. The van der Waals surface area contributed by atoms with E-state index in [9.17, 15) is 0 Å². The highest BCUT2D eigenvalue weighted by Crippen LogP contribution is 2.27. The summed E-state index contributed by atoms with van der Waals surface area (Å²) in [4.78, 5) is 4.26. The lowest BCUT2D eigenvalue weighted by Gasteiger charge is -2.15. The molecule has 3 nitrogen and oxygen atoms in total. The second-order valence-corrected chi connectivity index (χ2v) is 4.39. The SMILES string of the molecule is Cc1cc2c(cc1O[C@@H]1CCOC1)CN=C2. The summed E-state index contributed by atoms with van der Waals surface area (Å²) in [6.07, 6.45) is 3.15. The predicted octanol–water partition coefficient (Wildman–Crippen LogP) is 2.10. The molecule has 2 aliphatic heterocycles. The fourth-order valence-electron chi connectivity index (χ4n) is 2.16. The number of rotatable bonds is 2. The number of ether oxygens (including phenoxy) is 2. The summed E-state index contributed by atoms with van der Waals surface area (Å²) in [6, 6.07) is 4.27. The average Bonchev–Trinajstić information content (AvgIpc) is 2.89. The highest BCUT2D eigenvalue weighted by atomic mass is 16.5. The minimum absolute atomic E-state index is 0.221. The number of hydrogen-bond acceptors (Lipinski definition) is 3. The first-order valence-electron chi connectivity index (χ1n) is 5.71. The minimum Gasteiger partial charge on any atom is -0.488 e. The highest BCUT2D eigenvalue weighted by Gasteiger charge is 2.19. The molecule has 0 N–H and O–H groups in total. The third-order valence-corrected chi connectivity index (χ3v) is 3.11. The molecule has 84 valence electrons. The fraction of sp³-hybridized carbons (Fsp3) is 0.462. The molecule has 0 radical (unpaired) electrons. The van der Waals surface area contributed by atoms with Gasteiger partial charge in [0.25, 0.3) is 0 Å². The normalized spacial score (nSPS) is 22.4. The van der Waals surface area contributed by atoms with Gasteiger partial charge in [-0.15, -0.1) is 0 Å². The number of aliphatic imine (C=N–C) groups is 1. The molecule has 1 atom stereocenters. The third-order valence-electron chi connectivity index (χ3n) is 3.11. The summed E-state index contributed by atoms with van der Waals surface area (Å²) in [6.45, 7) is 4.40. The Bertz CT molecular complexity index is 434. The molecular weight excluding hydrogens is 202 g/mol. The van der Waals surface area contributed by atoms with Crippen LogP contribution in [0.15, 0.2) is 17.1 Å². The van der Waals surface area contributed by atoms with E-state index in [2.05, 4.69) is 24.0 Å². The van der Waals surface area contributed by atoms with Crippen molar-refractivity contribution in [1.82, 2.24) is 0 Å². The van der Waals surface area contributed by atoms with Crippen LogP contribution in [0, 0.1) is 6.92 Å². The summed E-state index contributed by atoms with van der Waals surface area (Å²) in [5.74, 6) is 0.986. The van der Waals surface area contributed by atoms with Crippen molar-refractivity contribution in [1.29, 1.82) is 0 Å². The van der Waals surface area contributed by atoms with Crippen LogP contribution in [-0.2, 0) is 11.3 Å². The Morgan fingerprint density at radius 2 is 2.38 bits per heavy atom. The van der Waals surface area contributed by atoms with Gasteiger partial charge in [0.1, 0.15) is 11.9 Å². The van der Waals surface area contributed by atoms with Crippen molar-refractivity contribution < 1.29 is 9.47 Å². The number of aryl methyl sites for hydroxylation is 1. The molecule has 16 heavy (non-hydrogen) atoms. The van der Waals surface area contributed by atoms with Crippen LogP contribution >= 0.6 is 0 Å². The monoisotopic (exact) mass is 217 g/mol. The Kier molecular flexibility index (Phi) is 2.40. The molecule has 1 fully saturated rings. The minimum atomic E-state index is 0.221. The quantitative estimate of drug-likeness (QED) is 0.759. The molecule has 0 amide bonds.